The van der Waals surface area contributed by atoms with Crippen LogP contribution in [0.3, 0.4) is 0 Å². The van der Waals surface area contributed by atoms with E-state index in [-0.39, 0.29) is 0 Å². The van der Waals surface area contributed by atoms with Crippen LogP contribution in [0.5, 0.6) is 0 Å². The maximum Gasteiger partial charge on any atom is 0.164 e. The van der Waals surface area contributed by atoms with E-state index in [0.717, 1.165) is 24.9 Å². The first-order valence-electron chi connectivity index (χ1n) is 6.37. The standard InChI is InChI=1S/C15H16N2O/c1-11-8-13-14(5-2-6-15(13)18)17(11)10-12-4-3-7-16-9-12/h3-4,7-9H,2,5-6,10H2,1H3. The molecular weight excluding hydrogens is 224 g/mol. The fourth-order valence-corrected chi connectivity index (χ4v) is 2.68. The highest BCUT2D eigenvalue weighted by atomic mass is 16.1. The quantitative estimate of drug-likeness (QED) is 0.809. The highest BCUT2D eigenvalue weighted by Gasteiger charge is 2.22. The molecule has 0 unspecified atom stereocenters. The predicted molar refractivity (Wildman–Crippen MR) is 69.8 cm³/mol. The van der Waals surface area contributed by atoms with Crippen molar-refractivity contribution in [2.24, 2.45) is 0 Å². The Morgan fingerprint density at radius 2 is 2.28 bits per heavy atom. The molecule has 0 radical (unpaired) electrons. The molecule has 0 fully saturated rings. The topological polar surface area (TPSA) is 34.9 Å². The number of pyridine rings is 1. The van der Waals surface area contributed by atoms with Crippen molar-refractivity contribution >= 4 is 5.78 Å². The average Bonchev–Trinajstić information content (AvgIpc) is 2.70. The Hall–Kier alpha value is -1.90. The molecule has 3 rings (SSSR count). The Morgan fingerprint density at radius 3 is 3.06 bits per heavy atom. The smallest absolute Gasteiger partial charge is 0.164 e. The number of fused-ring (bicyclic) bond motifs is 1. The Bertz CT molecular complexity index is 584. The predicted octanol–water partition coefficient (Wildman–Crippen LogP) is 2.76. The first-order chi connectivity index (χ1) is 8.75. The summed E-state index contributed by atoms with van der Waals surface area (Å²) in [5.74, 6) is 0.296. The van der Waals surface area contributed by atoms with E-state index in [0.29, 0.717) is 12.2 Å². The maximum atomic E-state index is 11.9. The van der Waals surface area contributed by atoms with Crippen LogP contribution >= 0.6 is 0 Å². The SMILES string of the molecule is Cc1cc2c(n1Cc1cccnc1)CCCC2=O. The van der Waals surface area contributed by atoms with Crippen LogP contribution in [0, 0.1) is 6.92 Å². The largest absolute Gasteiger partial charge is 0.344 e. The van der Waals surface area contributed by atoms with E-state index >= 15 is 0 Å². The molecule has 3 nitrogen and oxygen atoms in total. The third-order valence-corrected chi connectivity index (χ3v) is 3.60. The lowest BCUT2D eigenvalue weighted by Crippen LogP contribution is -2.14. The fraction of sp³-hybridized carbons (Fsp3) is 0.333. The van der Waals surface area contributed by atoms with Gasteiger partial charge in [0, 0.05) is 42.3 Å². The lowest BCUT2D eigenvalue weighted by molar-refractivity contribution is 0.0972. The van der Waals surface area contributed by atoms with Gasteiger partial charge in [-0.25, -0.2) is 0 Å². The van der Waals surface area contributed by atoms with Crippen molar-refractivity contribution in [3.8, 4) is 0 Å². The molecule has 0 aromatic carbocycles. The molecule has 0 aliphatic heterocycles. The van der Waals surface area contributed by atoms with E-state index in [1.165, 1.54) is 17.0 Å². The van der Waals surface area contributed by atoms with Crippen LogP contribution in [0.15, 0.2) is 30.6 Å². The number of nitrogens with zero attached hydrogens (tertiary/aromatic N) is 2. The van der Waals surface area contributed by atoms with E-state index in [2.05, 4.69) is 22.5 Å². The van der Waals surface area contributed by atoms with Gasteiger partial charge in [-0.3, -0.25) is 9.78 Å². The Balaban J connectivity index is 2.00. The van der Waals surface area contributed by atoms with E-state index in [1.807, 2.05) is 18.3 Å². The molecule has 0 amide bonds. The van der Waals surface area contributed by atoms with Gasteiger partial charge in [0.1, 0.15) is 0 Å². The summed E-state index contributed by atoms with van der Waals surface area (Å²) < 4.78 is 2.25. The van der Waals surface area contributed by atoms with Gasteiger partial charge in [-0.05, 0) is 37.5 Å². The highest BCUT2D eigenvalue weighted by Crippen LogP contribution is 2.25. The third kappa shape index (κ3) is 1.86. The summed E-state index contributed by atoms with van der Waals surface area (Å²) in [5, 5.41) is 0. The monoisotopic (exact) mass is 240 g/mol. The van der Waals surface area contributed by atoms with Gasteiger partial charge >= 0.3 is 0 Å². The van der Waals surface area contributed by atoms with Crippen LogP contribution in [0.2, 0.25) is 0 Å². The van der Waals surface area contributed by atoms with E-state index in [1.54, 1.807) is 6.20 Å². The summed E-state index contributed by atoms with van der Waals surface area (Å²) in [5.41, 5.74) is 4.48. The zero-order chi connectivity index (χ0) is 12.5. The van der Waals surface area contributed by atoms with Crippen LogP contribution in [0.1, 0.15) is 40.2 Å². The van der Waals surface area contributed by atoms with Crippen LogP contribution in [0.25, 0.3) is 0 Å². The lowest BCUT2D eigenvalue weighted by atomic mass is 9.96. The zero-order valence-corrected chi connectivity index (χ0v) is 10.5. The number of ketones is 1. The van der Waals surface area contributed by atoms with E-state index in [4.69, 9.17) is 0 Å². The molecule has 2 aromatic rings. The molecule has 0 N–H and O–H groups in total. The zero-order valence-electron chi connectivity index (χ0n) is 10.5. The van der Waals surface area contributed by atoms with E-state index in [9.17, 15) is 4.79 Å². The molecule has 2 heterocycles. The van der Waals surface area contributed by atoms with Gasteiger partial charge in [-0.1, -0.05) is 6.07 Å². The van der Waals surface area contributed by atoms with Crippen molar-refractivity contribution in [1.82, 2.24) is 9.55 Å². The minimum absolute atomic E-state index is 0.296. The van der Waals surface area contributed by atoms with Gasteiger partial charge < -0.3 is 4.57 Å². The molecule has 0 atom stereocenters. The molecular formula is C15H16N2O. The van der Waals surface area contributed by atoms with Gasteiger partial charge in [0.15, 0.2) is 5.78 Å². The fourth-order valence-electron chi connectivity index (χ4n) is 2.68. The Kier molecular flexibility index (Phi) is 2.74. The highest BCUT2D eigenvalue weighted by molar-refractivity contribution is 5.98. The average molecular weight is 240 g/mol. The Morgan fingerprint density at radius 1 is 1.39 bits per heavy atom. The van der Waals surface area contributed by atoms with Crippen molar-refractivity contribution in [2.45, 2.75) is 32.7 Å². The molecule has 2 aromatic heterocycles. The summed E-state index contributed by atoms with van der Waals surface area (Å²) in [7, 11) is 0. The molecule has 0 spiro atoms. The van der Waals surface area contributed by atoms with Crippen molar-refractivity contribution < 1.29 is 4.79 Å². The number of aromatic nitrogens is 2. The second-order valence-electron chi connectivity index (χ2n) is 4.87. The second-order valence-corrected chi connectivity index (χ2v) is 4.87. The molecule has 0 saturated heterocycles. The minimum Gasteiger partial charge on any atom is -0.344 e. The number of carbonyl (C=O) groups is 1. The molecule has 3 heteroatoms. The third-order valence-electron chi connectivity index (χ3n) is 3.60. The van der Waals surface area contributed by atoms with Gasteiger partial charge in [-0.2, -0.15) is 0 Å². The minimum atomic E-state index is 0.296. The van der Waals surface area contributed by atoms with Crippen molar-refractivity contribution in [1.29, 1.82) is 0 Å². The molecule has 18 heavy (non-hydrogen) atoms. The Labute approximate surface area is 106 Å². The van der Waals surface area contributed by atoms with Gasteiger partial charge in [0.25, 0.3) is 0 Å². The molecule has 1 aliphatic rings. The number of Topliss-reactive ketones (excluding diaryl/α,β-unsaturated/α-hetero) is 1. The summed E-state index contributed by atoms with van der Waals surface area (Å²) in [4.78, 5) is 16.0. The van der Waals surface area contributed by atoms with Crippen molar-refractivity contribution in [2.75, 3.05) is 0 Å². The number of aryl methyl sites for hydroxylation is 1. The van der Waals surface area contributed by atoms with E-state index < -0.39 is 0 Å². The van der Waals surface area contributed by atoms with Crippen LogP contribution in [-0.4, -0.2) is 15.3 Å². The number of rotatable bonds is 2. The van der Waals surface area contributed by atoms with Gasteiger partial charge in [0.2, 0.25) is 0 Å². The number of hydrogen-bond donors (Lipinski definition) is 0. The lowest BCUT2D eigenvalue weighted by Gasteiger charge is -2.15. The summed E-state index contributed by atoms with van der Waals surface area (Å²) in [6, 6.07) is 6.06. The van der Waals surface area contributed by atoms with Crippen molar-refractivity contribution in [3.05, 3.63) is 53.1 Å². The summed E-state index contributed by atoms with van der Waals surface area (Å²) in [6.07, 6.45) is 6.35. The van der Waals surface area contributed by atoms with Crippen molar-refractivity contribution in [3.63, 3.8) is 0 Å². The number of carbonyl (C=O) groups excluding carboxylic acids is 1. The summed E-state index contributed by atoms with van der Waals surface area (Å²) in [6.45, 7) is 2.88. The van der Waals surface area contributed by atoms with Crippen LogP contribution in [-0.2, 0) is 13.0 Å². The first kappa shape index (κ1) is 11.2. The molecule has 0 saturated carbocycles. The van der Waals surface area contributed by atoms with Crippen LogP contribution in [0.4, 0.5) is 0 Å². The first-order valence-corrected chi connectivity index (χ1v) is 6.37. The molecule has 92 valence electrons. The van der Waals surface area contributed by atoms with Crippen LogP contribution < -0.4 is 0 Å². The number of hydrogen-bond acceptors (Lipinski definition) is 2. The normalized spacial score (nSPS) is 14.6. The second kappa shape index (κ2) is 4.41. The summed E-state index contributed by atoms with van der Waals surface area (Å²) >= 11 is 0. The van der Waals surface area contributed by atoms with Gasteiger partial charge in [-0.15, -0.1) is 0 Å². The van der Waals surface area contributed by atoms with Gasteiger partial charge in [0.05, 0.1) is 0 Å². The molecule has 0 bridgehead atoms. The molecule has 1 aliphatic carbocycles. The maximum absolute atomic E-state index is 11.9.